The van der Waals surface area contributed by atoms with Crippen molar-refractivity contribution >= 4 is 0 Å². The first-order valence-corrected chi connectivity index (χ1v) is 6.96. The SMILES string of the molecule is Cn1c(CCc2ccco2)nnc1C1CCNCC1. The van der Waals surface area contributed by atoms with E-state index in [4.69, 9.17) is 4.42 Å². The van der Waals surface area contributed by atoms with Crippen LogP contribution >= 0.6 is 0 Å². The quantitative estimate of drug-likeness (QED) is 0.908. The third-order valence-electron chi connectivity index (χ3n) is 3.88. The van der Waals surface area contributed by atoms with Gasteiger partial charge in [-0.05, 0) is 38.1 Å². The van der Waals surface area contributed by atoms with Gasteiger partial charge in [0.2, 0.25) is 0 Å². The molecule has 2 aromatic heterocycles. The Morgan fingerprint density at radius 1 is 1.32 bits per heavy atom. The maximum atomic E-state index is 5.35. The molecule has 102 valence electrons. The molecule has 0 spiro atoms. The largest absolute Gasteiger partial charge is 0.469 e. The second-order valence-corrected chi connectivity index (χ2v) is 5.14. The van der Waals surface area contributed by atoms with E-state index < -0.39 is 0 Å². The number of piperidine rings is 1. The molecule has 3 rings (SSSR count). The molecule has 0 aliphatic carbocycles. The number of rotatable bonds is 4. The predicted octanol–water partition coefficient (Wildman–Crippen LogP) is 1.66. The van der Waals surface area contributed by atoms with Gasteiger partial charge in [0.25, 0.3) is 0 Å². The van der Waals surface area contributed by atoms with Gasteiger partial charge in [-0.1, -0.05) is 0 Å². The molecule has 0 atom stereocenters. The molecule has 0 aromatic carbocycles. The van der Waals surface area contributed by atoms with Crippen molar-refractivity contribution in [2.24, 2.45) is 7.05 Å². The van der Waals surface area contributed by atoms with Crippen LogP contribution in [0.2, 0.25) is 0 Å². The molecule has 0 unspecified atom stereocenters. The highest BCUT2D eigenvalue weighted by Crippen LogP contribution is 2.23. The molecule has 1 N–H and O–H groups in total. The molecule has 0 radical (unpaired) electrons. The molecule has 5 nitrogen and oxygen atoms in total. The van der Waals surface area contributed by atoms with Crippen molar-refractivity contribution in [3.63, 3.8) is 0 Å². The van der Waals surface area contributed by atoms with E-state index in [2.05, 4.69) is 27.1 Å². The van der Waals surface area contributed by atoms with E-state index in [0.717, 1.165) is 56.2 Å². The van der Waals surface area contributed by atoms with Crippen molar-refractivity contribution in [3.05, 3.63) is 35.8 Å². The van der Waals surface area contributed by atoms with Gasteiger partial charge >= 0.3 is 0 Å². The summed E-state index contributed by atoms with van der Waals surface area (Å²) >= 11 is 0. The molecule has 1 fully saturated rings. The molecular weight excluding hydrogens is 240 g/mol. The van der Waals surface area contributed by atoms with Crippen LogP contribution in [0.25, 0.3) is 0 Å². The first-order chi connectivity index (χ1) is 9.34. The van der Waals surface area contributed by atoms with Gasteiger partial charge in [-0.3, -0.25) is 0 Å². The molecule has 0 amide bonds. The number of aromatic nitrogens is 3. The Hall–Kier alpha value is -1.62. The van der Waals surface area contributed by atoms with E-state index in [0.29, 0.717) is 5.92 Å². The molecule has 0 bridgehead atoms. The first kappa shape index (κ1) is 12.4. The maximum Gasteiger partial charge on any atom is 0.135 e. The Morgan fingerprint density at radius 3 is 2.89 bits per heavy atom. The number of hydrogen-bond acceptors (Lipinski definition) is 4. The Labute approximate surface area is 113 Å². The molecule has 19 heavy (non-hydrogen) atoms. The minimum Gasteiger partial charge on any atom is -0.469 e. The lowest BCUT2D eigenvalue weighted by Crippen LogP contribution is -2.28. The molecule has 3 heterocycles. The molecule has 0 saturated carbocycles. The number of aryl methyl sites for hydroxylation is 2. The summed E-state index contributed by atoms with van der Waals surface area (Å²) in [6.07, 6.45) is 5.79. The fourth-order valence-electron chi connectivity index (χ4n) is 2.72. The summed E-state index contributed by atoms with van der Waals surface area (Å²) in [5, 5.41) is 12.1. The normalized spacial score (nSPS) is 16.9. The third-order valence-corrected chi connectivity index (χ3v) is 3.88. The molecule has 5 heteroatoms. The van der Waals surface area contributed by atoms with Gasteiger partial charge in [-0.2, -0.15) is 0 Å². The summed E-state index contributed by atoms with van der Waals surface area (Å²) in [5.74, 6) is 3.74. The van der Waals surface area contributed by atoms with Crippen molar-refractivity contribution in [2.75, 3.05) is 13.1 Å². The van der Waals surface area contributed by atoms with Gasteiger partial charge < -0.3 is 14.3 Å². The first-order valence-electron chi connectivity index (χ1n) is 6.96. The lowest BCUT2D eigenvalue weighted by atomic mass is 9.97. The summed E-state index contributed by atoms with van der Waals surface area (Å²) in [6, 6.07) is 3.93. The zero-order valence-electron chi connectivity index (χ0n) is 11.3. The van der Waals surface area contributed by atoms with Crippen LogP contribution in [0.5, 0.6) is 0 Å². The van der Waals surface area contributed by atoms with E-state index in [9.17, 15) is 0 Å². The van der Waals surface area contributed by atoms with E-state index >= 15 is 0 Å². The minimum atomic E-state index is 0.552. The third kappa shape index (κ3) is 2.71. The Balaban J connectivity index is 1.67. The highest BCUT2D eigenvalue weighted by molar-refractivity contribution is 5.05. The molecule has 1 saturated heterocycles. The summed E-state index contributed by atoms with van der Waals surface area (Å²) < 4.78 is 7.52. The summed E-state index contributed by atoms with van der Waals surface area (Å²) in [7, 11) is 2.08. The van der Waals surface area contributed by atoms with Gasteiger partial charge in [0.1, 0.15) is 17.4 Å². The van der Waals surface area contributed by atoms with Gasteiger partial charge in [-0.15, -0.1) is 10.2 Å². The molecule has 1 aliphatic heterocycles. The molecular formula is C14H20N4O. The van der Waals surface area contributed by atoms with E-state index in [-0.39, 0.29) is 0 Å². The minimum absolute atomic E-state index is 0.552. The van der Waals surface area contributed by atoms with Crippen LogP contribution < -0.4 is 5.32 Å². The van der Waals surface area contributed by atoms with Crippen molar-refractivity contribution in [2.45, 2.75) is 31.6 Å². The van der Waals surface area contributed by atoms with Gasteiger partial charge in [0.05, 0.1) is 6.26 Å². The summed E-state index contributed by atoms with van der Waals surface area (Å²) in [5.41, 5.74) is 0. The lowest BCUT2D eigenvalue weighted by Gasteiger charge is -2.21. The fraction of sp³-hybridized carbons (Fsp3) is 0.571. The van der Waals surface area contributed by atoms with Crippen molar-refractivity contribution < 1.29 is 4.42 Å². The highest BCUT2D eigenvalue weighted by Gasteiger charge is 2.21. The van der Waals surface area contributed by atoms with Crippen LogP contribution in [0.15, 0.2) is 22.8 Å². The Morgan fingerprint density at radius 2 is 2.16 bits per heavy atom. The van der Waals surface area contributed by atoms with Gasteiger partial charge in [0, 0.05) is 25.8 Å². The van der Waals surface area contributed by atoms with E-state index in [1.165, 1.54) is 0 Å². The van der Waals surface area contributed by atoms with Crippen LogP contribution in [0.3, 0.4) is 0 Å². The van der Waals surface area contributed by atoms with Gasteiger partial charge in [0.15, 0.2) is 0 Å². The standard InChI is InChI=1S/C14H20N4O/c1-18-13(5-4-12-3-2-10-19-12)16-17-14(18)11-6-8-15-9-7-11/h2-3,10-11,15H,4-9H2,1H3. The zero-order chi connectivity index (χ0) is 13.1. The average Bonchev–Trinajstić information content (AvgIpc) is 3.07. The predicted molar refractivity (Wildman–Crippen MR) is 72.0 cm³/mol. The Kier molecular flexibility index (Phi) is 3.64. The van der Waals surface area contributed by atoms with E-state index in [1.807, 2.05) is 12.1 Å². The van der Waals surface area contributed by atoms with Crippen LogP contribution in [-0.2, 0) is 19.9 Å². The maximum absolute atomic E-state index is 5.35. The second-order valence-electron chi connectivity index (χ2n) is 5.14. The summed E-state index contributed by atoms with van der Waals surface area (Å²) in [6.45, 7) is 2.17. The fourth-order valence-corrected chi connectivity index (χ4v) is 2.72. The summed E-state index contributed by atoms with van der Waals surface area (Å²) in [4.78, 5) is 0. The zero-order valence-corrected chi connectivity index (χ0v) is 11.3. The van der Waals surface area contributed by atoms with Crippen molar-refractivity contribution in [1.29, 1.82) is 0 Å². The van der Waals surface area contributed by atoms with Gasteiger partial charge in [-0.25, -0.2) is 0 Å². The monoisotopic (exact) mass is 260 g/mol. The van der Waals surface area contributed by atoms with Crippen molar-refractivity contribution in [1.82, 2.24) is 20.1 Å². The molecule has 1 aliphatic rings. The number of nitrogens with zero attached hydrogens (tertiary/aromatic N) is 3. The van der Waals surface area contributed by atoms with Crippen LogP contribution in [0.1, 0.15) is 36.2 Å². The number of furan rings is 1. The van der Waals surface area contributed by atoms with Crippen LogP contribution in [0, 0.1) is 0 Å². The topological polar surface area (TPSA) is 55.9 Å². The van der Waals surface area contributed by atoms with Crippen LogP contribution in [-0.4, -0.2) is 27.9 Å². The van der Waals surface area contributed by atoms with Crippen LogP contribution in [0.4, 0.5) is 0 Å². The average molecular weight is 260 g/mol. The Bertz CT molecular complexity index is 512. The molecule has 2 aromatic rings. The van der Waals surface area contributed by atoms with Crippen molar-refractivity contribution in [3.8, 4) is 0 Å². The second kappa shape index (κ2) is 5.57. The lowest BCUT2D eigenvalue weighted by molar-refractivity contribution is 0.435. The number of nitrogens with one attached hydrogen (secondary N) is 1. The smallest absolute Gasteiger partial charge is 0.135 e. The van der Waals surface area contributed by atoms with E-state index in [1.54, 1.807) is 6.26 Å². The highest BCUT2D eigenvalue weighted by atomic mass is 16.3. The number of hydrogen-bond donors (Lipinski definition) is 1.